The highest BCUT2D eigenvalue weighted by Gasteiger charge is 2.10. The Bertz CT molecular complexity index is 599. The van der Waals surface area contributed by atoms with Crippen molar-refractivity contribution in [2.24, 2.45) is 0 Å². The molecule has 1 N–H and O–H groups in total. The molecule has 1 aliphatic rings. The molecule has 7 heteroatoms. The number of unbranched alkanes of at least 4 members (excludes halogenated alkanes) is 1. The second-order valence-corrected chi connectivity index (χ2v) is 5.61. The van der Waals surface area contributed by atoms with Gasteiger partial charge in [0.1, 0.15) is 5.52 Å². The average Bonchev–Trinajstić information content (AvgIpc) is 3.00. The molecule has 3 heterocycles. The van der Waals surface area contributed by atoms with Crippen LogP contribution >= 0.6 is 11.6 Å². The van der Waals surface area contributed by atoms with Crippen LogP contribution in [0.25, 0.3) is 11.2 Å². The first-order valence-electron chi connectivity index (χ1n) is 7.43. The molecule has 3 rings (SSSR count). The lowest BCUT2D eigenvalue weighted by molar-refractivity contribution is 0.331. The lowest BCUT2D eigenvalue weighted by atomic mass is 10.3. The lowest BCUT2D eigenvalue weighted by Gasteiger charge is -2.14. The van der Waals surface area contributed by atoms with E-state index in [1.807, 2.05) is 0 Å². The fourth-order valence-corrected chi connectivity index (χ4v) is 2.79. The summed E-state index contributed by atoms with van der Waals surface area (Å²) in [5, 5.41) is 3.55. The number of halogens is 1. The highest BCUT2D eigenvalue weighted by molar-refractivity contribution is 6.33. The highest BCUT2D eigenvalue weighted by atomic mass is 35.5. The number of hydrogen-bond donors (Lipinski definition) is 1. The Morgan fingerprint density at radius 1 is 1.10 bits per heavy atom. The Morgan fingerprint density at radius 2 is 1.90 bits per heavy atom. The fourth-order valence-electron chi connectivity index (χ4n) is 2.58. The summed E-state index contributed by atoms with van der Waals surface area (Å²) in [7, 11) is 0. The molecule has 1 fully saturated rings. The van der Waals surface area contributed by atoms with Crippen molar-refractivity contribution < 1.29 is 0 Å². The van der Waals surface area contributed by atoms with Crippen molar-refractivity contribution in [1.82, 2.24) is 24.8 Å². The number of nitrogens with one attached hydrogen (secondary N) is 1. The minimum absolute atomic E-state index is 0.340. The zero-order valence-electron chi connectivity index (χ0n) is 11.9. The number of rotatable bonds is 6. The van der Waals surface area contributed by atoms with E-state index in [9.17, 15) is 0 Å². The number of hydrogen-bond acceptors (Lipinski definition) is 6. The van der Waals surface area contributed by atoms with E-state index in [-0.39, 0.29) is 0 Å². The largest absolute Gasteiger partial charge is 0.354 e. The van der Waals surface area contributed by atoms with E-state index in [4.69, 9.17) is 11.6 Å². The van der Waals surface area contributed by atoms with Crippen molar-refractivity contribution in [2.45, 2.75) is 25.7 Å². The summed E-state index contributed by atoms with van der Waals surface area (Å²) in [6.45, 7) is 4.55. The molecule has 0 spiro atoms. The molecule has 0 aliphatic carbocycles. The van der Waals surface area contributed by atoms with Gasteiger partial charge in [-0.3, -0.25) is 0 Å². The van der Waals surface area contributed by atoms with Gasteiger partial charge in [0.05, 0.1) is 0 Å². The summed E-state index contributed by atoms with van der Waals surface area (Å²) in [5.41, 5.74) is 1.07. The molecule has 1 aliphatic heterocycles. The third-order valence-corrected chi connectivity index (χ3v) is 3.94. The van der Waals surface area contributed by atoms with Crippen molar-refractivity contribution >= 4 is 28.7 Å². The minimum atomic E-state index is 0.340. The van der Waals surface area contributed by atoms with E-state index in [2.05, 4.69) is 30.2 Å². The van der Waals surface area contributed by atoms with Gasteiger partial charge in [-0.1, -0.05) is 11.6 Å². The standard InChI is InChI=1S/C14H19ClN6/c15-12-11-13(17-7-6-16-11)20-14(19-12)18-5-1-2-8-21-9-3-4-10-21/h6-7H,1-5,8-10H2,(H,17,18,19,20). The van der Waals surface area contributed by atoms with Gasteiger partial charge >= 0.3 is 0 Å². The number of aromatic nitrogens is 4. The minimum Gasteiger partial charge on any atom is -0.354 e. The van der Waals surface area contributed by atoms with E-state index in [1.54, 1.807) is 12.4 Å². The van der Waals surface area contributed by atoms with Crippen LogP contribution in [0.1, 0.15) is 25.7 Å². The Balaban J connectivity index is 1.48. The zero-order chi connectivity index (χ0) is 14.5. The lowest BCUT2D eigenvalue weighted by Crippen LogP contribution is -2.21. The summed E-state index contributed by atoms with van der Waals surface area (Å²) in [6, 6.07) is 0. The van der Waals surface area contributed by atoms with Gasteiger partial charge in [0.25, 0.3) is 0 Å². The molecule has 0 radical (unpaired) electrons. The number of nitrogens with zero attached hydrogens (tertiary/aromatic N) is 5. The van der Waals surface area contributed by atoms with Crippen molar-refractivity contribution in [3.05, 3.63) is 17.5 Å². The third kappa shape index (κ3) is 3.77. The molecule has 6 nitrogen and oxygen atoms in total. The van der Waals surface area contributed by atoms with E-state index < -0.39 is 0 Å². The second kappa shape index (κ2) is 6.95. The summed E-state index contributed by atoms with van der Waals surface area (Å²) >= 11 is 6.09. The predicted octanol–water partition coefficient (Wildman–Crippen LogP) is 2.36. The molecule has 21 heavy (non-hydrogen) atoms. The van der Waals surface area contributed by atoms with E-state index in [0.717, 1.165) is 13.0 Å². The van der Waals surface area contributed by atoms with E-state index >= 15 is 0 Å². The molecule has 0 atom stereocenters. The average molecular weight is 307 g/mol. The van der Waals surface area contributed by atoms with Gasteiger partial charge in [-0.05, 0) is 45.3 Å². The zero-order valence-corrected chi connectivity index (χ0v) is 12.7. The molecule has 2 aromatic rings. The van der Waals surface area contributed by atoms with Crippen LogP contribution in [-0.2, 0) is 0 Å². The first kappa shape index (κ1) is 14.4. The van der Waals surface area contributed by atoms with Crippen LogP contribution in [0.15, 0.2) is 12.4 Å². The van der Waals surface area contributed by atoms with Gasteiger partial charge in [-0.15, -0.1) is 0 Å². The first-order valence-corrected chi connectivity index (χ1v) is 7.81. The Kier molecular flexibility index (Phi) is 4.77. The fraction of sp³-hybridized carbons (Fsp3) is 0.571. The molecule has 2 aromatic heterocycles. The quantitative estimate of drug-likeness (QED) is 0.653. The van der Waals surface area contributed by atoms with Crippen LogP contribution in [0.2, 0.25) is 5.15 Å². The first-order chi connectivity index (χ1) is 10.3. The van der Waals surface area contributed by atoms with Gasteiger partial charge in [-0.25, -0.2) is 9.97 Å². The number of anilines is 1. The second-order valence-electron chi connectivity index (χ2n) is 5.25. The van der Waals surface area contributed by atoms with Crippen LogP contribution in [0.4, 0.5) is 5.95 Å². The van der Waals surface area contributed by atoms with Crippen molar-refractivity contribution in [1.29, 1.82) is 0 Å². The van der Waals surface area contributed by atoms with Gasteiger partial charge < -0.3 is 10.2 Å². The summed E-state index contributed by atoms with van der Waals surface area (Å²) < 4.78 is 0. The Hall–Kier alpha value is -1.53. The molecular weight excluding hydrogens is 288 g/mol. The smallest absolute Gasteiger partial charge is 0.226 e. The van der Waals surface area contributed by atoms with Gasteiger partial charge in [0, 0.05) is 18.9 Å². The van der Waals surface area contributed by atoms with Crippen LogP contribution in [-0.4, -0.2) is 51.0 Å². The van der Waals surface area contributed by atoms with Crippen LogP contribution in [0.5, 0.6) is 0 Å². The molecule has 112 valence electrons. The molecule has 0 bridgehead atoms. The summed E-state index contributed by atoms with van der Waals surface area (Å²) in [5.74, 6) is 0.522. The van der Waals surface area contributed by atoms with Crippen molar-refractivity contribution in [3.63, 3.8) is 0 Å². The molecular formula is C14H19ClN6. The Morgan fingerprint density at radius 3 is 2.76 bits per heavy atom. The van der Waals surface area contributed by atoms with E-state index in [0.29, 0.717) is 22.3 Å². The SMILES string of the molecule is Clc1nc(NCCCCN2CCCC2)nc2nccnc12. The summed E-state index contributed by atoms with van der Waals surface area (Å²) in [4.78, 5) is 19.3. The van der Waals surface area contributed by atoms with Gasteiger partial charge in [0.15, 0.2) is 10.8 Å². The maximum Gasteiger partial charge on any atom is 0.226 e. The maximum absolute atomic E-state index is 6.09. The van der Waals surface area contributed by atoms with Crippen molar-refractivity contribution in [2.75, 3.05) is 31.5 Å². The molecule has 0 amide bonds. The van der Waals surface area contributed by atoms with Crippen molar-refractivity contribution in [3.8, 4) is 0 Å². The molecule has 0 saturated carbocycles. The van der Waals surface area contributed by atoms with Crippen LogP contribution in [0, 0.1) is 0 Å². The Labute approximate surface area is 129 Å². The van der Waals surface area contributed by atoms with Crippen LogP contribution < -0.4 is 5.32 Å². The normalized spacial score (nSPS) is 15.7. The topological polar surface area (TPSA) is 66.8 Å². The molecule has 0 aromatic carbocycles. The number of fused-ring (bicyclic) bond motifs is 1. The summed E-state index contributed by atoms with van der Waals surface area (Å²) in [6.07, 6.45) is 8.17. The number of likely N-dealkylation sites (tertiary alicyclic amines) is 1. The van der Waals surface area contributed by atoms with Gasteiger partial charge in [0.2, 0.25) is 5.95 Å². The maximum atomic E-state index is 6.09. The highest BCUT2D eigenvalue weighted by Crippen LogP contribution is 2.17. The molecule has 1 saturated heterocycles. The van der Waals surface area contributed by atoms with Gasteiger partial charge in [-0.2, -0.15) is 9.97 Å². The molecule has 0 unspecified atom stereocenters. The predicted molar refractivity (Wildman–Crippen MR) is 83.5 cm³/mol. The third-order valence-electron chi connectivity index (χ3n) is 3.67. The monoisotopic (exact) mass is 306 g/mol. The van der Waals surface area contributed by atoms with Crippen LogP contribution in [0.3, 0.4) is 0 Å². The van der Waals surface area contributed by atoms with E-state index in [1.165, 1.54) is 38.9 Å².